The molecule has 0 saturated heterocycles. The third-order valence-electron chi connectivity index (χ3n) is 3.90. The molecule has 0 radical (unpaired) electrons. The average Bonchev–Trinajstić information content (AvgIpc) is 2.46. The Balaban J connectivity index is 2.07. The second kappa shape index (κ2) is 6.96. The van der Waals surface area contributed by atoms with Crippen LogP contribution >= 0.6 is 0 Å². The minimum absolute atomic E-state index is 0.0322. The van der Waals surface area contributed by atoms with E-state index in [0.717, 1.165) is 44.1 Å². The van der Waals surface area contributed by atoms with E-state index < -0.39 is 0 Å². The molecule has 1 aromatic heterocycles. The number of ether oxygens (including phenoxy) is 1. The van der Waals surface area contributed by atoms with E-state index in [0.29, 0.717) is 0 Å². The van der Waals surface area contributed by atoms with Crippen molar-refractivity contribution >= 4 is 0 Å². The molecular formula is C15H25N3O. The van der Waals surface area contributed by atoms with Crippen LogP contribution < -0.4 is 5.32 Å². The molecule has 0 bridgehead atoms. The van der Waals surface area contributed by atoms with Crippen molar-refractivity contribution in [3.05, 3.63) is 23.3 Å². The molecule has 0 spiro atoms. The normalized spacial score (nSPS) is 20.1. The molecule has 106 valence electrons. The molecule has 1 N–H and O–H groups in total. The Morgan fingerprint density at radius 2 is 2.32 bits per heavy atom. The maximum Gasteiger partial charge on any atom is 0.157 e. The highest BCUT2D eigenvalue weighted by atomic mass is 16.5. The van der Waals surface area contributed by atoms with Gasteiger partial charge in [0.25, 0.3) is 0 Å². The van der Waals surface area contributed by atoms with E-state index in [4.69, 9.17) is 9.72 Å². The quantitative estimate of drug-likeness (QED) is 0.855. The first-order valence-electron chi connectivity index (χ1n) is 7.36. The highest BCUT2D eigenvalue weighted by Gasteiger charge is 2.21. The molecule has 4 heteroatoms. The summed E-state index contributed by atoms with van der Waals surface area (Å²) >= 11 is 0. The smallest absolute Gasteiger partial charge is 0.157 e. The number of hydrogen-bond donors (Lipinski definition) is 1. The highest BCUT2D eigenvalue weighted by Crippen LogP contribution is 2.25. The highest BCUT2D eigenvalue weighted by molar-refractivity contribution is 5.22. The topological polar surface area (TPSA) is 47.0 Å². The summed E-state index contributed by atoms with van der Waals surface area (Å²) in [7, 11) is 1.73. The van der Waals surface area contributed by atoms with Gasteiger partial charge >= 0.3 is 0 Å². The summed E-state index contributed by atoms with van der Waals surface area (Å²) in [5.74, 6) is 1.57. The van der Waals surface area contributed by atoms with Crippen LogP contribution in [0.5, 0.6) is 0 Å². The molecular weight excluding hydrogens is 238 g/mol. The van der Waals surface area contributed by atoms with Gasteiger partial charge in [-0.2, -0.15) is 0 Å². The van der Waals surface area contributed by atoms with E-state index in [2.05, 4.69) is 24.1 Å². The molecule has 2 unspecified atom stereocenters. The van der Waals surface area contributed by atoms with Crippen LogP contribution in [0.1, 0.15) is 49.9 Å². The lowest BCUT2D eigenvalue weighted by Crippen LogP contribution is -2.28. The molecule has 2 rings (SSSR count). The maximum atomic E-state index is 5.42. The van der Waals surface area contributed by atoms with Crippen LogP contribution in [0.2, 0.25) is 0 Å². The van der Waals surface area contributed by atoms with Gasteiger partial charge in [-0.25, -0.2) is 9.97 Å². The Hall–Kier alpha value is -1.00. The lowest BCUT2D eigenvalue weighted by molar-refractivity contribution is 0.0922. The van der Waals surface area contributed by atoms with Gasteiger partial charge in [0.2, 0.25) is 0 Å². The van der Waals surface area contributed by atoms with Crippen molar-refractivity contribution in [3.8, 4) is 0 Å². The summed E-state index contributed by atoms with van der Waals surface area (Å²) in [6.07, 6.45) is 6.36. The third kappa shape index (κ3) is 3.51. The van der Waals surface area contributed by atoms with Crippen molar-refractivity contribution in [1.29, 1.82) is 0 Å². The van der Waals surface area contributed by atoms with Crippen LogP contribution in [0.4, 0.5) is 0 Å². The van der Waals surface area contributed by atoms with E-state index in [-0.39, 0.29) is 6.10 Å². The Kier molecular flexibility index (Phi) is 5.28. The van der Waals surface area contributed by atoms with Crippen molar-refractivity contribution < 1.29 is 4.74 Å². The van der Waals surface area contributed by atoms with Crippen molar-refractivity contribution in [2.75, 3.05) is 20.2 Å². The van der Waals surface area contributed by atoms with E-state index in [1.807, 2.05) is 6.20 Å². The Morgan fingerprint density at radius 1 is 1.47 bits per heavy atom. The van der Waals surface area contributed by atoms with Gasteiger partial charge in [0, 0.05) is 19.0 Å². The standard InChI is InChI=1S/C15H25N3O/c1-4-14(19-3)15-17-10-12-8-11(9-16-5-2)6-7-13(12)18-15/h10-11,14,16H,4-9H2,1-3H3. The SMILES string of the molecule is CCNCC1CCc2nc(C(CC)OC)ncc2C1. The van der Waals surface area contributed by atoms with E-state index in [1.165, 1.54) is 17.7 Å². The van der Waals surface area contributed by atoms with Crippen molar-refractivity contribution in [3.63, 3.8) is 0 Å². The number of methoxy groups -OCH3 is 1. The number of rotatable bonds is 6. The lowest BCUT2D eigenvalue weighted by atomic mass is 9.87. The van der Waals surface area contributed by atoms with Crippen LogP contribution in [0, 0.1) is 5.92 Å². The summed E-state index contributed by atoms with van der Waals surface area (Å²) in [4.78, 5) is 9.21. The molecule has 0 aliphatic heterocycles. The molecule has 4 nitrogen and oxygen atoms in total. The number of fused-ring (bicyclic) bond motifs is 1. The number of aromatic nitrogens is 2. The molecule has 0 amide bonds. The summed E-state index contributed by atoms with van der Waals surface area (Å²) in [5.41, 5.74) is 2.55. The first-order chi connectivity index (χ1) is 9.28. The number of nitrogens with zero attached hydrogens (tertiary/aromatic N) is 2. The van der Waals surface area contributed by atoms with Gasteiger partial charge in [-0.1, -0.05) is 13.8 Å². The minimum Gasteiger partial charge on any atom is -0.373 e. The fourth-order valence-corrected chi connectivity index (χ4v) is 2.73. The molecule has 0 saturated carbocycles. The van der Waals surface area contributed by atoms with Crippen LogP contribution in [0.25, 0.3) is 0 Å². The monoisotopic (exact) mass is 263 g/mol. The van der Waals surface area contributed by atoms with Crippen molar-refractivity contribution in [2.45, 2.75) is 45.6 Å². The summed E-state index contributed by atoms with van der Waals surface area (Å²) < 4.78 is 5.42. The minimum atomic E-state index is 0.0322. The summed E-state index contributed by atoms with van der Waals surface area (Å²) in [6, 6.07) is 0. The Morgan fingerprint density at radius 3 is 3.00 bits per heavy atom. The Labute approximate surface area is 116 Å². The van der Waals surface area contributed by atoms with E-state index in [9.17, 15) is 0 Å². The maximum absolute atomic E-state index is 5.42. The molecule has 0 aromatic carbocycles. The summed E-state index contributed by atoms with van der Waals surface area (Å²) in [6.45, 7) is 6.41. The fourth-order valence-electron chi connectivity index (χ4n) is 2.73. The molecule has 1 aromatic rings. The molecule has 0 fully saturated rings. The van der Waals surface area contributed by atoms with Gasteiger partial charge in [-0.15, -0.1) is 0 Å². The first kappa shape index (κ1) is 14.4. The predicted octanol–water partition coefficient (Wildman–Crippen LogP) is 2.29. The van der Waals surface area contributed by atoms with Crippen LogP contribution in [0.15, 0.2) is 6.20 Å². The molecule has 19 heavy (non-hydrogen) atoms. The van der Waals surface area contributed by atoms with E-state index in [1.54, 1.807) is 7.11 Å². The van der Waals surface area contributed by atoms with Crippen molar-refractivity contribution in [1.82, 2.24) is 15.3 Å². The molecule has 1 heterocycles. The summed E-state index contributed by atoms with van der Waals surface area (Å²) in [5, 5.41) is 3.44. The zero-order valence-corrected chi connectivity index (χ0v) is 12.3. The van der Waals surface area contributed by atoms with Gasteiger partial charge in [0.1, 0.15) is 6.10 Å². The second-order valence-corrected chi connectivity index (χ2v) is 5.25. The van der Waals surface area contributed by atoms with E-state index >= 15 is 0 Å². The largest absolute Gasteiger partial charge is 0.373 e. The number of aryl methyl sites for hydroxylation is 1. The number of nitrogens with one attached hydrogen (secondary N) is 1. The molecule has 1 aliphatic rings. The second-order valence-electron chi connectivity index (χ2n) is 5.25. The van der Waals surface area contributed by atoms with Gasteiger partial charge in [0.15, 0.2) is 5.82 Å². The van der Waals surface area contributed by atoms with Gasteiger partial charge in [-0.3, -0.25) is 0 Å². The number of hydrogen-bond acceptors (Lipinski definition) is 4. The fraction of sp³-hybridized carbons (Fsp3) is 0.733. The zero-order valence-electron chi connectivity index (χ0n) is 12.3. The molecule has 1 aliphatic carbocycles. The van der Waals surface area contributed by atoms with Crippen LogP contribution in [-0.4, -0.2) is 30.2 Å². The zero-order chi connectivity index (χ0) is 13.7. The average molecular weight is 263 g/mol. The van der Waals surface area contributed by atoms with Gasteiger partial charge < -0.3 is 10.1 Å². The Bertz CT molecular complexity index is 404. The first-order valence-corrected chi connectivity index (χ1v) is 7.36. The van der Waals surface area contributed by atoms with Crippen LogP contribution in [-0.2, 0) is 17.6 Å². The third-order valence-corrected chi connectivity index (χ3v) is 3.90. The van der Waals surface area contributed by atoms with Gasteiger partial charge in [0.05, 0.1) is 0 Å². The lowest BCUT2D eigenvalue weighted by Gasteiger charge is -2.24. The molecule has 2 atom stereocenters. The van der Waals surface area contributed by atoms with Crippen molar-refractivity contribution in [2.24, 2.45) is 5.92 Å². The predicted molar refractivity (Wildman–Crippen MR) is 76.1 cm³/mol. The van der Waals surface area contributed by atoms with Crippen LogP contribution in [0.3, 0.4) is 0 Å². The van der Waals surface area contributed by atoms with Gasteiger partial charge in [-0.05, 0) is 50.3 Å².